The molecule has 2 nitrogen and oxygen atoms in total. The number of rotatable bonds is 4. The molecule has 2 N–H and O–H groups in total. The van der Waals surface area contributed by atoms with Crippen LogP contribution in [-0.2, 0) is 6.18 Å². The standard InChI is InChI=1S/C9H13F3N2S/c1-2-3-6(4-13)7-5-15-8(14-7)9(10,11)12/h5-6H,2-4,13H2,1H3. The van der Waals surface area contributed by atoms with E-state index in [9.17, 15) is 13.2 Å². The van der Waals surface area contributed by atoms with E-state index >= 15 is 0 Å². The average molecular weight is 238 g/mol. The summed E-state index contributed by atoms with van der Waals surface area (Å²) >= 11 is 0.634. The lowest BCUT2D eigenvalue weighted by Crippen LogP contribution is -2.13. The van der Waals surface area contributed by atoms with Crippen LogP contribution in [0, 0.1) is 0 Å². The molecule has 6 heteroatoms. The van der Waals surface area contributed by atoms with Crippen LogP contribution in [0.15, 0.2) is 5.38 Å². The third kappa shape index (κ3) is 3.17. The summed E-state index contributed by atoms with van der Waals surface area (Å²) in [6.07, 6.45) is -2.67. The van der Waals surface area contributed by atoms with Crippen molar-refractivity contribution >= 4 is 11.3 Å². The molecule has 0 saturated carbocycles. The Labute approximate surface area is 90.3 Å². The molecule has 1 aromatic rings. The van der Waals surface area contributed by atoms with Crippen molar-refractivity contribution in [1.82, 2.24) is 4.98 Å². The normalized spacial score (nSPS) is 14.2. The molecule has 86 valence electrons. The van der Waals surface area contributed by atoms with Crippen LogP contribution in [0.4, 0.5) is 13.2 Å². The number of nitrogens with zero attached hydrogens (tertiary/aromatic N) is 1. The lowest BCUT2D eigenvalue weighted by Gasteiger charge is -2.10. The Bertz CT molecular complexity index is 309. The number of thiazole rings is 1. The molecule has 0 aromatic carbocycles. The van der Waals surface area contributed by atoms with Crippen LogP contribution in [0.25, 0.3) is 0 Å². The van der Waals surface area contributed by atoms with E-state index in [0.717, 1.165) is 12.8 Å². The highest BCUT2D eigenvalue weighted by atomic mass is 32.1. The maximum Gasteiger partial charge on any atom is 0.443 e. The van der Waals surface area contributed by atoms with E-state index in [-0.39, 0.29) is 5.92 Å². The largest absolute Gasteiger partial charge is 0.443 e. The van der Waals surface area contributed by atoms with Crippen molar-refractivity contribution in [2.75, 3.05) is 6.54 Å². The first-order chi connectivity index (χ1) is 6.99. The monoisotopic (exact) mass is 238 g/mol. The Morgan fingerprint density at radius 2 is 2.20 bits per heavy atom. The van der Waals surface area contributed by atoms with Gasteiger partial charge in [-0.1, -0.05) is 13.3 Å². The molecule has 0 aliphatic heterocycles. The molecule has 15 heavy (non-hydrogen) atoms. The summed E-state index contributed by atoms with van der Waals surface area (Å²) in [5.74, 6) is -0.0534. The third-order valence-corrected chi connectivity index (χ3v) is 3.01. The van der Waals surface area contributed by atoms with Crippen LogP contribution in [0.5, 0.6) is 0 Å². The van der Waals surface area contributed by atoms with Gasteiger partial charge < -0.3 is 5.73 Å². The number of halogens is 3. The summed E-state index contributed by atoms with van der Waals surface area (Å²) in [5, 5.41) is 0.669. The zero-order valence-corrected chi connectivity index (χ0v) is 9.16. The predicted molar refractivity (Wildman–Crippen MR) is 53.8 cm³/mol. The van der Waals surface area contributed by atoms with Gasteiger partial charge in [-0.3, -0.25) is 0 Å². The van der Waals surface area contributed by atoms with E-state index < -0.39 is 11.2 Å². The van der Waals surface area contributed by atoms with Gasteiger partial charge in [0, 0.05) is 17.8 Å². The van der Waals surface area contributed by atoms with Gasteiger partial charge in [0.1, 0.15) is 0 Å². The zero-order valence-electron chi connectivity index (χ0n) is 8.34. The van der Waals surface area contributed by atoms with Gasteiger partial charge in [0.25, 0.3) is 0 Å². The van der Waals surface area contributed by atoms with E-state index in [2.05, 4.69) is 4.98 Å². The van der Waals surface area contributed by atoms with Crippen molar-refractivity contribution in [2.24, 2.45) is 5.73 Å². The molecule has 0 amide bonds. The van der Waals surface area contributed by atoms with Gasteiger partial charge in [-0.2, -0.15) is 13.2 Å². The number of hydrogen-bond donors (Lipinski definition) is 1. The Morgan fingerprint density at radius 1 is 1.53 bits per heavy atom. The van der Waals surface area contributed by atoms with Crippen molar-refractivity contribution in [3.8, 4) is 0 Å². The first kappa shape index (κ1) is 12.4. The molecule has 0 fully saturated rings. The topological polar surface area (TPSA) is 38.9 Å². The molecule has 0 saturated heterocycles. The Kier molecular flexibility index (Phi) is 4.10. The van der Waals surface area contributed by atoms with Crippen molar-refractivity contribution in [3.63, 3.8) is 0 Å². The van der Waals surface area contributed by atoms with Gasteiger partial charge in [-0.05, 0) is 6.42 Å². The molecular formula is C9H13F3N2S. The van der Waals surface area contributed by atoms with Gasteiger partial charge in [0.2, 0.25) is 0 Å². The van der Waals surface area contributed by atoms with Gasteiger partial charge in [0.05, 0.1) is 5.69 Å². The minimum Gasteiger partial charge on any atom is -0.330 e. The Morgan fingerprint density at radius 3 is 2.60 bits per heavy atom. The van der Waals surface area contributed by atoms with E-state index in [1.165, 1.54) is 5.38 Å². The SMILES string of the molecule is CCCC(CN)c1csc(C(F)(F)F)n1. The second-order valence-corrected chi connectivity index (χ2v) is 4.15. The fourth-order valence-electron chi connectivity index (χ4n) is 1.34. The summed E-state index contributed by atoms with van der Waals surface area (Å²) in [6, 6.07) is 0. The maximum atomic E-state index is 12.3. The number of aromatic nitrogens is 1. The van der Waals surface area contributed by atoms with E-state index in [0.29, 0.717) is 23.6 Å². The lowest BCUT2D eigenvalue weighted by atomic mass is 10.0. The first-order valence-corrected chi connectivity index (χ1v) is 5.59. The summed E-state index contributed by atoms with van der Waals surface area (Å²) in [7, 11) is 0. The number of nitrogens with two attached hydrogens (primary N) is 1. The Hall–Kier alpha value is -0.620. The van der Waals surface area contributed by atoms with Crippen LogP contribution in [0.2, 0.25) is 0 Å². The van der Waals surface area contributed by atoms with E-state index in [1.807, 2.05) is 6.92 Å². The highest BCUT2D eigenvalue weighted by Gasteiger charge is 2.35. The molecule has 0 bridgehead atoms. The molecular weight excluding hydrogens is 225 g/mol. The molecule has 0 aliphatic carbocycles. The van der Waals surface area contributed by atoms with E-state index in [4.69, 9.17) is 5.73 Å². The maximum absolute atomic E-state index is 12.3. The second kappa shape index (κ2) is 4.94. The van der Waals surface area contributed by atoms with Crippen molar-refractivity contribution < 1.29 is 13.2 Å². The van der Waals surface area contributed by atoms with E-state index in [1.54, 1.807) is 0 Å². The smallest absolute Gasteiger partial charge is 0.330 e. The highest BCUT2D eigenvalue weighted by Crippen LogP contribution is 2.33. The second-order valence-electron chi connectivity index (χ2n) is 3.30. The fraction of sp³-hybridized carbons (Fsp3) is 0.667. The third-order valence-electron chi connectivity index (χ3n) is 2.10. The molecule has 0 radical (unpaired) electrons. The first-order valence-electron chi connectivity index (χ1n) is 4.71. The van der Waals surface area contributed by atoms with Gasteiger partial charge in [-0.15, -0.1) is 11.3 Å². The summed E-state index contributed by atoms with van der Waals surface area (Å²) in [5.41, 5.74) is 5.96. The zero-order chi connectivity index (χ0) is 11.5. The molecule has 1 aromatic heterocycles. The van der Waals surface area contributed by atoms with Crippen molar-refractivity contribution in [2.45, 2.75) is 31.9 Å². The minimum atomic E-state index is -4.34. The van der Waals surface area contributed by atoms with Crippen molar-refractivity contribution in [3.05, 3.63) is 16.1 Å². The summed E-state index contributed by atoms with van der Waals surface area (Å²) < 4.78 is 36.8. The summed E-state index contributed by atoms with van der Waals surface area (Å²) in [6.45, 7) is 2.31. The molecule has 1 unspecified atom stereocenters. The molecule has 1 atom stereocenters. The summed E-state index contributed by atoms with van der Waals surface area (Å²) in [4.78, 5) is 3.58. The van der Waals surface area contributed by atoms with Crippen LogP contribution in [0.3, 0.4) is 0 Å². The number of hydrogen-bond acceptors (Lipinski definition) is 3. The van der Waals surface area contributed by atoms with Gasteiger partial charge in [-0.25, -0.2) is 4.98 Å². The average Bonchev–Trinajstić information content (AvgIpc) is 2.62. The molecule has 0 spiro atoms. The molecule has 0 aliphatic rings. The highest BCUT2D eigenvalue weighted by molar-refractivity contribution is 7.09. The quantitative estimate of drug-likeness (QED) is 0.875. The Balaban J connectivity index is 2.82. The van der Waals surface area contributed by atoms with Crippen molar-refractivity contribution in [1.29, 1.82) is 0 Å². The van der Waals surface area contributed by atoms with Crippen LogP contribution >= 0.6 is 11.3 Å². The van der Waals surface area contributed by atoms with Gasteiger partial charge >= 0.3 is 6.18 Å². The van der Waals surface area contributed by atoms with Crippen LogP contribution in [0.1, 0.15) is 36.4 Å². The lowest BCUT2D eigenvalue weighted by molar-refractivity contribution is -0.137. The van der Waals surface area contributed by atoms with Crippen LogP contribution < -0.4 is 5.73 Å². The van der Waals surface area contributed by atoms with Crippen LogP contribution in [-0.4, -0.2) is 11.5 Å². The number of alkyl halides is 3. The molecule has 1 rings (SSSR count). The molecule has 1 heterocycles. The minimum absolute atomic E-state index is 0.0534. The van der Waals surface area contributed by atoms with Gasteiger partial charge in [0.15, 0.2) is 5.01 Å². The predicted octanol–water partition coefficient (Wildman–Crippen LogP) is 3.00. The fourth-order valence-corrected chi connectivity index (χ4v) is 2.11.